The maximum atomic E-state index is 10.1. The zero-order valence-electron chi connectivity index (χ0n) is 9.66. The van der Waals surface area contributed by atoms with E-state index in [1.165, 1.54) is 17.2 Å². The summed E-state index contributed by atoms with van der Waals surface area (Å²) >= 11 is 0. The molecule has 1 aromatic rings. The Morgan fingerprint density at radius 3 is 2.20 bits per heavy atom. The van der Waals surface area contributed by atoms with Crippen molar-refractivity contribution in [1.29, 1.82) is 0 Å². The first kappa shape index (κ1) is 11.7. The van der Waals surface area contributed by atoms with Gasteiger partial charge in [0.05, 0.1) is 0 Å². The molecule has 1 heteroatoms. The fourth-order valence-corrected chi connectivity index (χ4v) is 1.40. The summed E-state index contributed by atoms with van der Waals surface area (Å²) in [5, 5.41) is 0. The lowest BCUT2D eigenvalue weighted by Gasteiger charge is -2.18. The minimum absolute atomic E-state index is 0.206. The van der Waals surface area contributed by atoms with Gasteiger partial charge in [-0.15, -0.1) is 0 Å². The Balaban J connectivity index is 2.72. The highest BCUT2D eigenvalue weighted by atomic mass is 16.1. The van der Waals surface area contributed by atoms with E-state index in [1.807, 2.05) is 6.08 Å². The number of benzene rings is 1. The van der Waals surface area contributed by atoms with Crippen LogP contribution >= 0.6 is 0 Å². The van der Waals surface area contributed by atoms with Crippen molar-refractivity contribution in [2.75, 3.05) is 0 Å². The molecule has 0 aromatic heterocycles. The molecule has 1 nitrogen and oxygen atoms in total. The fraction of sp³-hybridized carbons (Fsp3) is 0.357. The molecule has 0 aliphatic rings. The third-order valence-corrected chi connectivity index (χ3v) is 2.39. The van der Waals surface area contributed by atoms with Crippen molar-refractivity contribution in [1.82, 2.24) is 0 Å². The molecule has 1 aromatic carbocycles. The van der Waals surface area contributed by atoms with Gasteiger partial charge in [0, 0.05) is 0 Å². The van der Waals surface area contributed by atoms with Crippen molar-refractivity contribution in [3.05, 3.63) is 47.5 Å². The van der Waals surface area contributed by atoms with Crippen LogP contribution in [0, 0.1) is 0 Å². The van der Waals surface area contributed by atoms with Crippen LogP contribution < -0.4 is 0 Å². The van der Waals surface area contributed by atoms with Crippen LogP contribution in [-0.2, 0) is 16.6 Å². The Bertz CT molecular complexity index is 339. The van der Waals surface area contributed by atoms with Gasteiger partial charge in [0.1, 0.15) is 6.29 Å². The summed E-state index contributed by atoms with van der Waals surface area (Å²) in [5.41, 5.74) is 2.78. The number of hydrogen-bond acceptors (Lipinski definition) is 1. The maximum Gasteiger partial charge on any atom is 0.142 e. The maximum absolute atomic E-state index is 10.1. The van der Waals surface area contributed by atoms with Gasteiger partial charge in [0.15, 0.2) is 0 Å². The Labute approximate surface area is 91.8 Å². The highest BCUT2D eigenvalue weighted by Crippen LogP contribution is 2.22. The molecule has 0 saturated carbocycles. The number of carbonyl (C=O) groups excluding carboxylic acids is 1. The summed E-state index contributed by atoms with van der Waals surface area (Å²) in [6.45, 7) is 6.61. The number of carbonyl (C=O) groups is 1. The van der Waals surface area contributed by atoms with Crippen molar-refractivity contribution in [3.63, 3.8) is 0 Å². The second kappa shape index (κ2) is 4.92. The molecule has 0 heterocycles. The van der Waals surface area contributed by atoms with E-state index >= 15 is 0 Å². The molecule has 0 bridgehead atoms. The van der Waals surface area contributed by atoms with Crippen LogP contribution in [0.4, 0.5) is 0 Å². The van der Waals surface area contributed by atoms with Gasteiger partial charge in [0.25, 0.3) is 0 Å². The van der Waals surface area contributed by atoms with Crippen LogP contribution in [0.3, 0.4) is 0 Å². The molecule has 0 aliphatic heterocycles. The molecule has 0 fully saturated rings. The lowest BCUT2D eigenvalue weighted by atomic mass is 9.86. The molecule has 0 atom stereocenters. The molecule has 80 valence electrons. The van der Waals surface area contributed by atoms with E-state index in [2.05, 4.69) is 45.0 Å². The van der Waals surface area contributed by atoms with Gasteiger partial charge in [-0.25, -0.2) is 0 Å². The first-order valence-electron chi connectivity index (χ1n) is 5.24. The van der Waals surface area contributed by atoms with Gasteiger partial charge >= 0.3 is 0 Å². The largest absolute Gasteiger partial charge is 0.299 e. The summed E-state index contributed by atoms with van der Waals surface area (Å²) in [6.07, 6.45) is 5.05. The van der Waals surface area contributed by atoms with Crippen LogP contribution in [-0.4, -0.2) is 6.29 Å². The van der Waals surface area contributed by atoms with Crippen molar-refractivity contribution < 1.29 is 4.79 Å². The van der Waals surface area contributed by atoms with Crippen molar-refractivity contribution >= 4 is 6.29 Å². The molecule has 0 aliphatic carbocycles. The number of aldehydes is 1. The van der Waals surface area contributed by atoms with Crippen LogP contribution in [0.1, 0.15) is 31.9 Å². The van der Waals surface area contributed by atoms with E-state index in [-0.39, 0.29) is 5.41 Å². The van der Waals surface area contributed by atoms with Gasteiger partial charge in [-0.05, 0) is 29.0 Å². The van der Waals surface area contributed by atoms with Crippen molar-refractivity contribution in [3.8, 4) is 0 Å². The average Bonchev–Trinajstić information content (AvgIpc) is 2.18. The van der Waals surface area contributed by atoms with Gasteiger partial charge in [-0.2, -0.15) is 0 Å². The SMILES string of the molecule is CC(C)(C)c1ccc(C/C=C/C=O)cc1. The molecular formula is C14H18O. The third kappa shape index (κ3) is 3.70. The average molecular weight is 202 g/mol. The molecule has 15 heavy (non-hydrogen) atoms. The van der Waals surface area contributed by atoms with E-state index in [1.54, 1.807) is 0 Å². The fourth-order valence-electron chi connectivity index (χ4n) is 1.40. The zero-order valence-corrected chi connectivity index (χ0v) is 9.66. The van der Waals surface area contributed by atoms with E-state index < -0.39 is 0 Å². The number of rotatable bonds is 3. The minimum Gasteiger partial charge on any atom is -0.299 e. The van der Waals surface area contributed by atoms with Crippen LogP contribution in [0.25, 0.3) is 0 Å². The van der Waals surface area contributed by atoms with Crippen LogP contribution in [0.2, 0.25) is 0 Å². The lowest BCUT2D eigenvalue weighted by Crippen LogP contribution is -2.10. The van der Waals surface area contributed by atoms with Gasteiger partial charge < -0.3 is 0 Å². The summed E-state index contributed by atoms with van der Waals surface area (Å²) in [7, 11) is 0. The Hall–Kier alpha value is -1.37. The predicted molar refractivity (Wildman–Crippen MR) is 64.1 cm³/mol. The molecule has 0 spiro atoms. The second-order valence-corrected chi connectivity index (χ2v) is 4.72. The van der Waals surface area contributed by atoms with E-state index in [9.17, 15) is 4.79 Å². The first-order valence-corrected chi connectivity index (χ1v) is 5.24. The highest BCUT2D eigenvalue weighted by molar-refractivity contribution is 5.64. The Morgan fingerprint density at radius 1 is 1.13 bits per heavy atom. The standard InChI is InChI=1S/C14H18O/c1-14(2,3)13-9-7-12(8-10-13)6-4-5-11-15/h4-5,7-11H,6H2,1-3H3/b5-4+. The topological polar surface area (TPSA) is 17.1 Å². The third-order valence-electron chi connectivity index (χ3n) is 2.39. The minimum atomic E-state index is 0.206. The van der Waals surface area contributed by atoms with Crippen LogP contribution in [0.5, 0.6) is 0 Å². The Morgan fingerprint density at radius 2 is 1.73 bits per heavy atom. The smallest absolute Gasteiger partial charge is 0.142 e. The summed E-state index contributed by atoms with van der Waals surface area (Å²) in [5.74, 6) is 0. The van der Waals surface area contributed by atoms with E-state index in [0.29, 0.717) is 0 Å². The molecule has 0 amide bonds. The monoisotopic (exact) mass is 202 g/mol. The molecule has 0 N–H and O–H groups in total. The normalized spacial score (nSPS) is 11.9. The van der Waals surface area contributed by atoms with Gasteiger partial charge in [-0.3, -0.25) is 4.79 Å². The summed E-state index contributed by atoms with van der Waals surface area (Å²) in [6, 6.07) is 8.56. The first-order chi connectivity index (χ1) is 7.04. The lowest BCUT2D eigenvalue weighted by molar-refractivity contribution is -0.104. The molecule has 0 saturated heterocycles. The molecule has 1 rings (SSSR count). The zero-order chi connectivity index (χ0) is 11.3. The number of hydrogen-bond donors (Lipinski definition) is 0. The Kier molecular flexibility index (Phi) is 3.84. The highest BCUT2D eigenvalue weighted by Gasteiger charge is 2.12. The predicted octanol–water partition coefficient (Wildman–Crippen LogP) is 3.28. The van der Waals surface area contributed by atoms with Crippen LogP contribution in [0.15, 0.2) is 36.4 Å². The van der Waals surface area contributed by atoms with Gasteiger partial charge in [0.2, 0.25) is 0 Å². The summed E-state index contributed by atoms with van der Waals surface area (Å²) < 4.78 is 0. The molecule has 0 unspecified atom stereocenters. The molecular weight excluding hydrogens is 184 g/mol. The quantitative estimate of drug-likeness (QED) is 0.543. The van der Waals surface area contributed by atoms with E-state index in [0.717, 1.165) is 12.7 Å². The molecule has 0 radical (unpaired) electrons. The number of allylic oxidation sites excluding steroid dienone is 2. The summed E-state index contributed by atoms with van der Waals surface area (Å²) in [4.78, 5) is 10.1. The van der Waals surface area contributed by atoms with Crippen molar-refractivity contribution in [2.24, 2.45) is 0 Å². The van der Waals surface area contributed by atoms with Gasteiger partial charge in [-0.1, -0.05) is 51.1 Å². The second-order valence-electron chi connectivity index (χ2n) is 4.72. The van der Waals surface area contributed by atoms with E-state index in [4.69, 9.17) is 0 Å². The van der Waals surface area contributed by atoms with Crippen molar-refractivity contribution in [2.45, 2.75) is 32.6 Å².